The Balaban J connectivity index is 1.67. The average molecular weight is 300 g/mol. The average Bonchev–Trinajstić information content (AvgIpc) is 3.18. The van der Waals surface area contributed by atoms with Crippen molar-refractivity contribution in [2.24, 2.45) is 0 Å². The van der Waals surface area contributed by atoms with E-state index in [-0.39, 0.29) is 17.8 Å². The fourth-order valence-electron chi connectivity index (χ4n) is 2.40. The molecule has 0 radical (unpaired) electrons. The number of aromatic nitrogens is 2. The van der Waals surface area contributed by atoms with Crippen LogP contribution in [0.2, 0.25) is 0 Å². The van der Waals surface area contributed by atoms with Crippen molar-refractivity contribution < 1.29 is 9.18 Å². The molecule has 5 nitrogen and oxygen atoms in total. The molecule has 1 N–H and O–H groups in total. The van der Waals surface area contributed by atoms with Crippen molar-refractivity contribution in [3.8, 4) is 5.69 Å². The van der Waals surface area contributed by atoms with E-state index in [2.05, 4.69) is 10.4 Å². The van der Waals surface area contributed by atoms with E-state index in [4.69, 9.17) is 0 Å². The van der Waals surface area contributed by atoms with E-state index >= 15 is 0 Å². The molecule has 1 aliphatic heterocycles. The molecule has 0 saturated carbocycles. The fourth-order valence-corrected chi connectivity index (χ4v) is 2.40. The number of amides is 1. The Morgan fingerprint density at radius 3 is 2.91 bits per heavy atom. The molecular weight excluding hydrogens is 283 g/mol. The van der Waals surface area contributed by atoms with Gasteiger partial charge in [0.2, 0.25) is 5.91 Å². The first-order chi connectivity index (χ1) is 10.6. The first kappa shape index (κ1) is 14.5. The molecule has 22 heavy (non-hydrogen) atoms. The summed E-state index contributed by atoms with van der Waals surface area (Å²) in [5.41, 5.74) is 1.70. The van der Waals surface area contributed by atoms with E-state index in [1.54, 1.807) is 35.0 Å². The second-order valence-electron chi connectivity index (χ2n) is 5.28. The van der Waals surface area contributed by atoms with E-state index in [1.807, 2.05) is 18.3 Å². The summed E-state index contributed by atoms with van der Waals surface area (Å²) in [7, 11) is 1.77. The number of carbonyl (C=O) groups excluding carboxylic acids is 1. The zero-order valence-electron chi connectivity index (χ0n) is 12.2. The second-order valence-corrected chi connectivity index (χ2v) is 5.28. The Kier molecular flexibility index (Phi) is 4.02. The molecule has 1 aromatic heterocycles. The minimum Gasteiger partial charge on any atom is -0.340 e. The minimum absolute atomic E-state index is 0.0308. The van der Waals surface area contributed by atoms with E-state index in [1.165, 1.54) is 12.1 Å². The molecular formula is C16H17FN4O. The van der Waals surface area contributed by atoms with Crippen molar-refractivity contribution in [1.82, 2.24) is 20.0 Å². The number of halogens is 1. The number of benzene rings is 1. The molecule has 2 heterocycles. The van der Waals surface area contributed by atoms with Gasteiger partial charge in [0.15, 0.2) is 0 Å². The van der Waals surface area contributed by atoms with Gasteiger partial charge in [0.25, 0.3) is 0 Å². The highest BCUT2D eigenvalue weighted by atomic mass is 19.1. The standard InChI is InChI=1S/C16H17FN4O/c1-20(16(22)15-3-2-8-18-15)10-12-9-19-21(11-12)14-6-4-13(17)5-7-14/h2-7,9,11,15,18H,8,10H2,1H3. The Labute approximate surface area is 128 Å². The van der Waals surface area contributed by atoms with Crippen molar-refractivity contribution in [2.45, 2.75) is 12.6 Å². The smallest absolute Gasteiger partial charge is 0.243 e. The third-order valence-electron chi connectivity index (χ3n) is 3.57. The summed E-state index contributed by atoms with van der Waals surface area (Å²) >= 11 is 0. The lowest BCUT2D eigenvalue weighted by molar-refractivity contribution is -0.131. The number of hydrogen-bond donors (Lipinski definition) is 1. The minimum atomic E-state index is -0.279. The lowest BCUT2D eigenvalue weighted by atomic mass is 10.2. The molecule has 2 aromatic rings. The second kappa shape index (κ2) is 6.11. The van der Waals surface area contributed by atoms with Gasteiger partial charge < -0.3 is 4.90 Å². The fraction of sp³-hybridized carbons (Fsp3) is 0.250. The maximum absolute atomic E-state index is 12.9. The van der Waals surface area contributed by atoms with Crippen LogP contribution in [-0.4, -0.2) is 40.2 Å². The van der Waals surface area contributed by atoms with E-state index in [0.29, 0.717) is 6.54 Å². The molecule has 0 bridgehead atoms. The van der Waals surface area contributed by atoms with Crippen LogP contribution in [0.1, 0.15) is 5.56 Å². The summed E-state index contributed by atoms with van der Waals surface area (Å²) in [6.07, 6.45) is 7.38. The Morgan fingerprint density at radius 1 is 1.45 bits per heavy atom. The molecule has 1 amide bonds. The molecule has 3 rings (SSSR count). The van der Waals surface area contributed by atoms with Gasteiger partial charge in [-0.15, -0.1) is 0 Å². The Hall–Kier alpha value is -2.47. The third kappa shape index (κ3) is 3.07. The largest absolute Gasteiger partial charge is 0.340 e. The summed E-state index contributed by atoms with van der Waals surface area (Å²) in [5, 5.41) is 7.35. The quantitative estimate of drug-likeness (QED) is 0.871. The molecule has 0 aliphatic carbocycles. The molecule has 114 valence electrons. The molecule has 1 unspecified atom stereocenters. The van der Waals surface area contributed by atoms with E-state index < -0.39 is 0 Å². The van der Waals surface area contributed by atoms with Crippen LogP contribution in [0.15, 0.2) is 48.8 Å². The third-order valence-corrected chi connectivity index (χ3v) is 3.57. The summed E-state index contributed by atoms with van der Waals surface area (Å²) in [5.74, 6) is -0.248. The number of rotatable bonds is 4. The Morgan fingerprint density at radius 2 is 2.23 bits per heavy atom. The molecule has 1 aromatic carbocycles. The van der Waals surface area contributed by atoms with Crippen LogP contribution in [0.25, 0.3) is 5.69 Å². The predicted octanol–water partition coefficient (Wildman–Crippen LogP) is 1.50. The van der Waals surface area contributed by atoms with Crippen LogP contribution in [0.4, 0.5) is 4.39 Å². The van der Waals surface area contributed by atoms with Gasteiger partial charge in [-0.25, -0.2) is 9.07 Å². The van der Waals surface area contributed by atoms with Crippen LogP contribution in [-0.2, 0) is 11.3 Å². The van der Waals surface area contributed by atoms with Gasteiger partial charge in [0.05, 0.1) is 11.9 Å². The molecule has 6 heteroatoms. The maximum atomic E-state index is 12.9. The zero-order valence-corrected chi connectivity index (χ0v) is 12.2. The molecule has 0 saturated heterocycles. The van der Waals surface area contributed by atoms with Crippen molar-refractivity contribution in [1.29, 1.82) is 0 Å². The first-order valence-electron chi connectivity index (χ1n) is 7.08. The molecule has 0 fully saturated rings. The van der Waals surface area contributed by atoms with E-state index in [0.717, 1.165) is 17.8 Å². The lowest BCUT2D eigenvalue weighted by Gasteiger charge is -2.19. The highest BCUT2D eigenvalue weighted by molar-refractivity contribution is 5.84. The summed E-state index contributed by atoms with van der Waals surface area (Å²) < 4.78 is 14.6. The summed E-state index contributed by atoms with van der Waals surface area (Å²) in [6.45, 7) is 1.21. The molecule has 0 spiro atoms. The molecule has 1 aliphatic rings. The maximum Gasteiger partial charge on any atom is 0.243 e. The number of carbonyl (C=O) groups is 1. The van der Waals surface area contributed by atoms with Gasteiger partial charge in [-0.05, 0) is 24.3 Å². The van der Waals surface area contributed by atoms with Gasteiger partial charge in [0.1, 0.15) is 11.9 Å². The van der Waals surface area contributed by atoms with Crippen molar-refractivity contribution >= 4 is 5.91 Å². The normalized spacial score (nSPS) is 16.9. The van der Waals surface area contributed by atoms with Gasteiger partial charge in [0, 0.05) is 31.9 Å². The van der Waals surface area contributed by atoms with Crippen LogP contribution >= 0.6 is 0 Å². The SMILES string of the molecule is CN(Cc1cnn(-c2ccc(F)cc2)c1)C(=O)C1C=CCN1. The summed E-state index contributed by atoms with van der Waals surface area (Å²) in [6, 6.07) is 5.87. The van der Waals surface area contributed by atoms with Gasteiger partial charge in [-0.3, -0.25) is 10.1 Å². The van der Waals surface area contributed by atoms with Crippen LogP contribution in [0.3, 0.4) is 0 Å². The Bertz CT molecular complexity index is 692. The van der Waals surface area contributed by atoms with Gasteiger partial charge >= 0.3 is 0 Å². The summed E-state index contributed by atoms with van der Waals surface area (Å²) in [4.78, 5) is 13.9. The number of nitrogens with one attached hydrogen (secondary N) is 1. The van der Waals surface area contributed by atoms with E-state index in [9.17, 15) is 9.18 Å². The van der Waals surface area contributed by atoms with Crippen molar-refractivity contribution in [2.75, 3.05) is 13.6 Å². The number of likely N-dealkylation sites (N-methyl/N-ethyl adjacent to an activating group) is 1. The zero-order chi connectivity index (χ0) is 15.5. The van der Waals surface area contributed by atoms with Gasteiger partial charge in [-0.2, -0.15) is 5.10 Å². The highest BCUT2D eigenvalue weighted by Gasteiger charge is 2.21. The first-order valence-corrected chi connectivity index (χ1v) is 7.08. The van der Waals surface area contributed by atoms with Crippen LogP contribution in [0.5, 0.6) is 0 Å². The molecule has 1 atom stereocenters. The number of nitrogens with zero attached hydrogens (tertiary/aromatic N) is 3. The van der Waals surface area contributed by atoms with Crippen LogP contribution < -0.4 is 5.32 Å². The van der Waals surface area contributed by atoms with Crippen LogP contribution in [0, 0.1) is 5.82 Å². The topological polar surface area (TPSA) is 50.2 Å². The highest BCUT2D eigenvalue weighted by Crippen LogP contribution is 2.11. The number of hydrogen-bond acceptors (Lipinski definition) is 3. The lowest BCUT2D eigenvalue weighted by Crippen LogP contribution is -2.41. The monoisotopic (exact) mass is 300 g/mol. The van der Waals surface area contributed by atoms with Crippen molar-refractivity contribution in [3.05, 3.63) is 60.2 Å². The van der Waals surface area contributed by atoms with Gasteiger partial charge in [-0.1, -0.05) is 12.2 Å². The van der Waals surface area contributed by atoms with Crippen molar-refractivity contribution in [3.63, 3.8) is 0 Å². The predicted molar refractivity (Wildman–Crippen MR) is 80.9 cm³/mol.